The summed E-state index contributed by atoms with van der Waals surface area (Å²) in [6, 6.07) is 0. The molecule has 0 saturated carbocycles. The number of nitrogens with two attached hydrogens (primary N) is 2. The quantitative estimate of drug-likeness (QED) is 0.446. The zero-order valence-corrected chi connectivity index (χ0v) is 9.53. The van der Waals surface area contributed by atoms with Crippen molar-refractivity contribution in [2.24, 2.45) is 11.5 Å². The highest BCUT2D eigenvalue weighted by Gasteiger charge is 2.18. The number of hydrogen-bond acceptors (Lipinski definition) is 4. The topological polar surface area (TPSA) is 123 Å². The van der Waals surface area contributed by atoms with Crippen LogP contribution in [-0.2, 0) is 14.9 Å². The Labute approximate surface area is 90.1 Å². The molecule has 5 N–H and O–H groups in total. The molecule has 6 nitrogen and oxygen atoms in total. The largest absolute Gasteiger partial charge is 0.366 e. The van der Waals surface area contributed by atoms with Gasteiger partial charge >= 0.3 is 0 Å². The van der Waals surface area contributed by atoms with Crippen LogP contribution >= 0.6 is 0 Å². The smallest absolute Gasteiger partial charge is 0.267 e. The molecule has 0 aliphatic rings. The van der Waals surface area contributed by atoms with E-state index in [9.17, 15) is 13.2 Å². The van der Waals surface area contributed by atoms with Crippen molar-refractivity contribution >= 4 is 16.0 Å². The van der Waals surface area contributed by atoms with Crippen LogP contribution < -0.4 is 11.5 Å². The van der Waals surface area contributed by atoms with Gasteiger partial charge in [0.15, 0.2) is 0 Å². The Hall–Kier alpha value is -0.920. The summed E-state index contributed by atoms with van der Waals surface area (Å²) in [6.07, 6.45) is 1.80. The van der Waals surface area contributed by atoms with Crippen LogP contribution in [0.5, 0.6) is 0 Å². The van der Waals surface area contributed by atoms with E-state index in [2.05, 4.69) is 12.3 Å². The molecule has 0 aliphatic heterocycles. The molecule has 0 bridgehead atoms. The molecular weight excluding hydrogens is 220 g/mol. The minimum Gasteiger partial charge on any atom is -0.366 e. The van der Waals surface area contributed by atoms with Gasteiger partial charge in [0.2, 0.25) is 5.91 Å². The molecule has 0 fully saturated rings. The lowest BCUT2D eigenvalue weighted by Crippen LogP contribution is -2.22. The molecule has 0 aliphatic carbocycles. The van der Waals surface area contributed by atoms with Crippen molar-refractivity contribution in [3.05, 3.63) is 12.7 Å². The molecule has 90 valence electrons. The Morgan fingerprint density at radius 2 is 2.00 bits per heavy atom. The zero-order valence-electron chi connectivity index (χ0n) is 8.72. The SMILES string of the molecule is C=CC(N)=O.CCC(CCN)S(=O)(=O)O. The number of rotatable bonds is 5. The number of carbonyl (C=O) groups is 1. The fourth-order valence-corrected chi connectivity index (χ4v) is 1.60. The summed E-state index contributed by atoms with van der Waals surface area (Å²) in [6.45, 7) is 5.08. The molecule has 0 radical (unpaired) electrons. The second kappa shape index (κ2) is 8.39. The number of primary amides is 1. The van der Waals surface area contributed by atoms with Gasteiger partial charge in [-0.25, -0.2) is 0 Å². The molecule has 7 heteroatoms. The molecule has 0 spiro atoms. The van der Waals surface area contributed by atoms with Gasteiger partial charge in [0.05, 0.1) is 5.25 Å². The average molecular weight is 238 g/mol. The lowest BCUT2D eigenvalue weighted by molar-refractivity contribution is -0.113. The van der Waals surface area contributed by atoms with Crippen LogP contribution in [0.15, 0.2) is 12.7 Å². The summed E-state index contributed by atoms with van der Waals surface area (Å²) < 4.78 is 29.4. The number of amides is 1. The molecule has 1 unspecified atom stereocenters. The highest BCUT2D eigenvalue weighted by Crippen LogP contribution is 2.06. The summed E-state index contributed by atoms with van der Waals surface area (Å²) in [4.78, 5) is 9.47. The van der Waals surface area contributed by atoms with E-state index in [-0.39, 0.29) is 6.54 Å². The van der Waals surface area contributed by atoms with Gasteiger partial charge in [-0.05, 0) is 25.5 Å². The Balaban J connectivity index is 0. The van der Waals surface area contributed by atoms with Crippen molar-refractivity contribution in [1.29, 1.82) is 0 Å². The summed E-state index contributed by atoms with van der Waals surface area (Å²) >= 11 is 0. The summed E-state index contributed by atoms with van der Waals surface area (Å²) in [5, 5.41) is -0.683. The lowest BCUT2D eigenvalue weighted by atomic mass is 10.2. The van der Waals surface area contributed by atoms with E-state index >= 15 is 0 Å². The van der Waals surface area contributed by atoms with Gasteiger partial charge in [-0.15, -0.1) is 0 Å². The maximum atomic E-state index is 10.5. The van der Waals surface area contributed by atoms with Gasteiger partial charge in [-0.1, -0.05) is 13.5 Å². The zero-order chi connectivity index (χ0) is 12.5. The van der Waals surface area contributed by atoms with Crippen molar-refractivity contribution in [1.82, 2.24) is 0 Å². The van der Waals surface area contributed by atoms with Gasteiger partial charge in [-0.2, -0.15) is 8.42 Å². The predicted molar refractivity (Wildman–Crippen MR) is 58.7 cm³/mol. The standard InChI is InChI=1S/C5H13NO3S.C3H5NO/c1-2-5(3-4-6)10(7,8)9;1-2-3(4)5/h5H,2-4,6H2,1H3,(H,7,8,9);2H,1H2,(H2,4,5). The second-order valence-corrected chi connectivity index (χ2v) is 4.43. The highest BCUT2D eigenvalue weighted by atomic mass is 32.2. The first-order valence-electron chi connectivity index (χ1n) is 4.37. The van der Waals surface area contributed by atoms with Crippen molar-refractivity contribution in [2.45, 2.75) is 25.0 Å². The Morgan fingerprint density at radius 3 is 2.07 bits per heavy atom. The Bertz CT molecular complexity index is 287. The minimum atomic E-state index is -3.86. The van der Waals surface area contributed by atoms with Crippen LogP contribution in [0.25, 0.3) is 0 Å². The summed E-state index contributed by atoms with van der Waals surface area (Å²) in [5.74, 6) is -0.481. The third kappa shape index (κ3) is 11.0. The van der Waals surface area contributed by atoms with Gasteiger partial charge in [-0.3, -0.25) is 9.35 Å². The first kappa shape index (κ1) is 16.5. The average Bonchev–Trinajstić information content (AvgIpc) is 2.13. The normalized spacial score (nSPS) is 12.2. The van der Waals surface area contributed by atoms with Crippen LogP contribution in [0.2, 0.25) is 0 Å². The maximum Gasteiger partial charge on any atom is 0.267 e. The molecule has 0 heterocycles. The molecule has 0 aromatic rings. The first-order chi connectivity index (χ1) is 6.79. The van der Waals surface area contributed by atoms with Crippen molar-refractivity contribution in [3.8, 4) is 0 Å². The minimum absolute atomic E-state index is 0.290. The Kier molecular flexibility index (Phi) is 9.24. The molecule has 1 atom stereocenters. The van der Waals surface area contributed by atoms with Gasteiger partial charge in [0.1, 0.15) is 0 Å². The van der Waals surface area contributed by atoms with Crippen LogP contribution in [0.1, 0.15) is 19.8 Å². The highest BCUT2D eigenvalue weighted by molar-refractivity contribution is 7.86. The van der Waals surface area contributed by atoms with Crippen molar-refractivity contribution in [2.75, 3.05) is 6.54 Å². The molecule has 0 aromatic heterocycles. The second-order valence-electron chi connectivity index (χ2n) is 2.73. The van der Waals surface area contributed by atoms with Crippen LogP contribution in [0.3, 0.4) is 0 Å². The molecule has 0 aromatic carbocycles. The molecule has 0 saturated heterocycles. The lowest BCUT2D eigenvalue weighted by Gasteiger charge is -2.08. The van der Waals surface area contributed by atoms with E-state index in [0.29, 0.717) is 12.8 Å². The number of carbonyl (C=O) groups excluding carboxylic acids is 1. The van der Waals surface area contributed by atoms with Gasteiger partial charge < -0.3 is 11.5 Å². The molecule has 1 amide bonds. The summed E-state index contributed by atoms with van der Waals surface area (Å²) in [5.41, 5.74) is 9.66. The fourth-order valence-electron chi connectivity index (χ4n) is 0.750. The van der Waals surface area contributed by atoms with E-state index < -0.39 is 21.3 Å². The molecule has 15 heavy (non-hydrogen) atoms. The van der Waals surface area contributed by atoms with Gasteiger partial charge in [0, 0.05) is 0 Å². The maximum absolute atomic E-state index is 10.5. The van der Waals surface area contributed by atoms with E-state index in [1.165, 1.54) is 0 Å². The van der Waals surface area contributed by atoms with Crippen LogP contribution in [-0.4, -0.2) is 30.7 Å². The summed E-state index contributed by atoms with van der Waals surface area (Å²) in [7, 11) is -3.86. The monoisotopic (exact) mass is 238 g/mol. The van der Waals surface area contributed by atoms with Crippen LogP contribution in [0.4, 0.5) is 0 Å². The third-order valence-electron chi connectivity index (χ3n) is 1.57. The van der Waals surface area contributed by atoms with Crippen molar-refractivity contribution < 1.29 is 17.8 Å². The fraction of sp³-hybridized carbons (Fsp3) is 0.625. The Morgan fingerprint density at radius 1 is 1.60 bits per heavy atom. The van der Waals surface area contributed by atoms with E-state index in [0.717, 1.165) is 6.08 Å². The van der Waals surface area contributed by atoms with E-state index in [1.807, 2.05) is 0 Å². The molecular formula is C8H18N2O4S. The van der Waals surface area contributed by atoms with Crippen molar-refractivity contribution in [3.63, 3.8) is 0 Å². The van der Waals surface area contributed by atoms with E-state index in [4.69, 9.17) is 10.3 Å². The first-order valence-corrected chi connectivity index (χ1v) is 5.88. The number of hydrogen-bond donors (Lipinski definition) is 3. The van der Waals surface area contributed by atoms with Crippen LogP contribution in [0, 0.1) is 0 Å². The third-order valence-corrected chi connectivity index (χ3v) is 2.98. The predicted octanol–water partition coefficient (Wildman–Crippen LogP) is -0.341. The molecule has 0 rings (SSSR count). The van der Waals surface area contributed by atoms with Gasteiger partial charge in [0.25, 0.3) is 10.1 Å². The van der Waals surface area contributed by atoms with E-state index in [1.54, 1.807) is 6.92 Å².